The van der Waals surface area contributed by atoms with Gasteiger partial charge in [0.15, 0.2) is 0 Å². The van der Waals surface area contributed by atoms with E-state index in [0.717, 1.165) is 19.6 Å². The Kier molecular flexibility index (Phi) is 4.70. The van der Waals surface area contributed by atoms with Gasteiger partial charge in [-0.25, -0.2) is 0 Å². The monoisotopic (exact) mass is 228 g/mol. The van der Waals surface area contributed by atoms with Gasteiger partial charge >= 0.3 is 0 Å². The third kappa shape index (κ3) is 3.43. The molecule has 0 bridgehead atoms. The number of likely N-dealkylation sites (N-methyl/N-ethyl adjacent to an activating group) is 1. The molecule has 0 aromatic carbocycles. The average molecular weight is 228 g/mol. The second kappa shape index (κ2) is 5.61. The van der Waals surface area contributed by atoms with Gasteiger partial charge in [-0.2, -0.15) is 0 Å². The molecule has 1 saturated heterocycles. The molecule has 1 amide bonds. The van der Waals surface area contributed by atoms with Gasteiger partial charge in [0.1, 0.15) is 0 Å². The van der Waals surface area contributed by atoms with E-state index in [1.807, 2.05) is 0 Å². The molecule has 0 aliphatic carbocycles. The van der Waals surface area contributed by atoms with Crippen LogP contribution in [0.5, 0.6) is 0 Å². The molecule has 0 aromatic heterocycles. The van der Waals surface area contributed by atoms with Crippen LogP contribution in [0.1, 0.15) is 13.3 Å². The number of carbonyl (C=O) groups excluding carboxylic acids is 1. The highest BCUT2D eigenvalue weighted by molar-refractivity contribution is 5.79. The number of likely N-dealkylation sites (tertiary alicyclic amines) is 1. The minimum atomic E-state index is -0.506. The molecule has 0 saturated carbocycles. The van der Waals surface area contributed by atoms with Crippen LogP contribution in [0.3, 0.4) is 0 Å². The number of carbonyl (C=O) groups is 1. The Bertz CT molecular complexity index is 244. The Morgan fingerprint density at radius 2 is 2.12 bits per heavy atom. The summed E-state index contributed by atoms with van der Waals surface area (Å²) in [5.74, 6) is 0.260. The molecular weight excluding hydrogens is 204 g/mol. The van der Waals surface area contributed by atoms with Crippen LogP contribution in [0.15, 0.2) is 0 Å². The van der Waals surface area contributed by atoms with Gasteiger partial charge in [0.2, 0.25) is 5.91 Å². The summed E-state index contributed by atoms with van der Waals surface area (Å²) in [6.07, 6.45) is 0.655. The van der Waals surface area contributed by atoms with E-state index in [0.29, 0.717) is 18.4 Å². The molecule has 4 N–H and O–H groups in total. The molecule has 5 heteroatoms. The number of nitrogens with zero attached hydrogens (tertiary/aromatic N) is 2. The van der Waals surface area contributed by atoms with E-state index in [4.69, 9.17) is 11.5 Å². The topological polar surface area (TPSA) is 75.6 Å². The first-order valence-electron chi connectivity index (χ1n) is 5.85. The minimum Gasteiger partial charge on any atom is -0.368 e. The largest absolute Gasteiger partial charge is 0.368 e. The Balaban J connectivity index is 2.33. The van der Waals surface area contributed by atoms with Crippen LogP contribution < -0.4 is 11.5 Å². The second-order valence-corrected chi connectivity index (χ2v) is 5.07. The highest BCUT2D eigenvalue weighted by Gasteiger charge is 2.30. The van der Waals surface area contributed by atoms with Crippen LogP contribution >= 0.6 is 0 Å². The Morgan fingerprint density at radius 3 is 2.56 bits per heavy atom. The third-order valence-corrected chi connectivity index (χ3v) is 3.43. The number of amides is 1. The molecule has 1 heterocycles. The van der Waals surface area contributed by atoms with E-state index >= 15 is 0 Å². The first-order valence-corrected chi connectivity index (χ1v) is 5.85. The predicted molar refractivity (Wildman–Crippen MR) is 64.9 cm³/mol. The summed E-state index contributed by atoms with van der Waals surface area (Å²) in [6.45, 7) is 5.26. The van der Waals surface area contributed by atoms with Gasteiger partial charge in [0.25, 0.3) is 0 Å². The van der Waals surface area contributed by atoms with E-state index in [1.54, 1.807) is 0 Å². The van der Waals surface area contributed by atoms with Crippen molar-refractivity contribution in [1.82, 2.24) is 9.80 Å². The number of primary amides is 1. The smallest absolute Gasteiger partial charge is 0.234 e. The Labute approximate surface area is 97.7 Å². The molecule has 1 aliphatic heterocycles. The fourth-order valence-corrected chi connectivity index (χ4v) is 2.37. The summed E-state index contributed by atoms with van der Waals surface area (Å²) < 4.78 is 0. The van der Waals surface area contributed by atoms with Crippen molar-refractivity contribution in [2.45, 2.75) is 25.4 Å². The van der Waals surface area contributed by atoms with Crippen LogP contribution in [-0.4, -0.2) is 61.5 Å². The Morgan fingerprint density at radius 1 is 1.50 bits per heavy atom. The van der Waals surface area contributed by atoms with Crippen molar-refractivity contribution in [3.63, 3.8) is 0 Å². The van der Waals surface area contributed by atoms with Gasteiger partial charge < -0.3 is 21.3 Å². The summed E-state index contributed by atoms with van der Waals surface area (Å²) in [5.41, 5.74) is 10.7. The minimum absolute atomic E-state index is 0.406. The Hall–Kier alpha value is -0.650. The van der Waals surface area contributed by atoms with Crippen LogP contribution in [0.4, 0.5) is 0 Å². The number of rotatable bonds is 5. The molecule has 3 atom stereocenters. The summed E-state index contributed by atoms with van der Waals surface area (Å²) in [4.78, 5) is 15.4. The summed E-state index contributed by atoms with van der Waals surface area (Å²) >= 11 is 0. The molecule has 3 unspecified atom stereocenters. The summed E-state index contributed by atoms with van der Waals surface area (Å²) in [6, 6.07) is 0.0958. The third-order valence-electron chi connectivity index (χ3n) is 3.43. The number of nitrogens with two attached hydrogens (primary N) is 2. The molecule has 94 valence electrons. The summed E-state index contributed by atoms with van der Waals surface area (Å²) in [5, 5.41) is 0. The fraction of sp³-hybridized carbons (Fsp3) is 0.909. The van der Waals surface area contributed by atoms with Gasteiger partial charge in [0, 0.05) is 25.7 Å². The van der Waals surface area contributed by atoms with Crippen molar-refractivity contribution in [3.8, 4) is 0 Å². The molecule has 1 fully saturated rings. The molecule has 5 nitrogen and oxygen atoms in total. The predicted octanol–water partition coefficient (Wildman–Crippen LogP) is -0.929. The van der Waals surface area contributed by atoms with Crippen LogP contribution in [0, 0.1) is 5.92 Å². The zero-order chi connectivity index (χ0) is 12.3. The first-order chi connectivity index (χ1) is 7.41. The zero-order valence-electron chi connectivity index (χ0n) is 10.5. The standard InChI is InChI=1S/C11H24N4O/c1-8-6-15(7-10(8)14(2)3)5-4-9(12)11(13)16/h8-10H,4-7,12H2,1-3H3,(H2,13,16). The molecule has 0 radical (unpaired) electrons. The quantitative estimate of drug-likeness (QED) is 0.637. The molecule has 0 aromatic rings. The average Bonchev–Trinajstić information content (AvgIpc) is 2.56. The highest BCUT2D eigenvalue weighted by Crippen LogP contribution is 2.19. The molecule has 0 spiro atoms. The van der Waals surface area contributed by atoms with Crippen LogP contribution in [0.2, 0.25) is 0 Å². The maximum atomic E-state index is 10.8. The number of hydrogen-bond donors (Lipinski definition) is 2. The SMILES string of the molecule is CC1CN(CCC(N)C(N)=O)CC1N(C)C. The van der Waals surface area contributed by atoms with E-state index in [9.17, 15) is 4.79 Å². The highest BCUT2D eigenvalue weighted by atomic mass is 16.1. The van der Waals surface area contributed by atoms with Gasteiger partial charge in [-0.15, -0.1) is 0 Å². The van der Waals surface area contributed by atoms with E-state index in [2.05, 4.69) is 30.8 Å². The lowest BCUT2D eigenvalue weighted by Gasteiger charge is -2.22. The molecule has 16 heavy (non-hydrogen) atoms. The normalized spacial score (nSPS) is 28.6. The lowest BCUT2D eigenvalue weighted by Crippen LogP contribution is -2.40. The van der Waals surface area contributed by atoms with Crippen LogP contribution in [0.25, 0.3) is 0 Å². The van der Waals surface area contributed by atoms with Crippen molar-refractivity contribution >= 4 is 5.91 Å². The van der Waals surface area contributed by atoms with E-state index in [-0.39, 0.29) is 0 Å². The second-order valence-electron chi connectivity index (χ2n) is 5.07. The van der Waals surface area contributed by atoms with E-state index in [1.165, 1.54) is 0 Å². The molecular formula is C11H24N4O. The van der Waals surface area contributed by atoms with Crippen molar-refractivity contribution in [2.24, 2.45) is 17.4 Å². The van der Waals surface area contributed by atoms with Crippen LogP contribution in [-0.2, 0) is 4.79 Å². The van der Waals surface area contributed by atoms with Crippen molar-refractivity contribution in [3.05, 3.63) is 0 Å². The lowest BCUT2D eigenvalue weighted by molar-refractivity contribution is -0.119. The fourth-order valence-electron chi connectivity index (χ4n) is 2.37. The number of hydrogen-bond acceptors (Lipinski definition) is 4. The van der Waals surface area contributed by atoms with E-state index < -0.39 is 11.9 Å². The van der Waals surface area contributed by atoms with Crippen molar-refractivity contribution in [2.75, 3.05) is 33.7 Å². The van der Waals surface area contributed by atoms with Gasteiger partial charge in [-0.3, -0.25) is 4.79 Å². The molecule has 1 rings (SSSR count). The zero-order valence-corrected chi connectivity index (χ0v) is 10.5. The lowest BCUT2D eigenvalue weighted by atomic mass is 10.1. The molecule has 1 aliphatic rings. The van der Waals surface area contributed by atoms with Gasteiger partial charge in [0.05, 0.1) is 6.04 Å². The van der Waals surface area contributed by atoms with Crippen molar-refractivity contribution < 1.29 is 4.79 Å². The van der Waals surface area contributed by atoms with Gasteiger partial charge in [-0.1, -0.05) is 6.92 Å². The summed E-state index contributed by atoms with van der Waals surface area (Å²) in [7, 11) is 4.22. The van der Waals surface area contributed by atoms with Crippen molar-refractivity contribution in [1.29, 1.82) is 0 Å². The maximum absolute atomic E-state index is 10.8. The van der Waals surface area contributed by atoms with Gasteiger partial charge in [-0.05, 0) is 26.4 Å². The first kappa shape index (κ1) is 13.4. The maximum Gasteiger partial charge on any atom is 0.234 e.